The van der Waals surface area contributed by atoms with Crippen LogP contribution in [0.2, 0.25) is 0 Å². The number of amides is 1. The zero-order valence-electron chi connectivity index (χ0n) is 11.3. The molecule has 0 aliphatic heterocycles. The Hall–Kier alpha value is -1.60. The minimum Gasteiger partial charge on any atom is -0.352 e. The minimum atomic E-state index is -0.328. The maximum Gasteiger partial charge on any atom is 0.262 e. The summed E-state index contributed by atoms with van der Waals surface area (Å²) in [4.78, 5) is 29.1. The third-order valence-corrected chi connectivity index (χ3v) is 4.69. The molecule has 1 N–H and O–H groups in total. The van der Waals surface area contributed by atoms with Crippen molar-refractivity contribution in [3.05, 3.63) is 34.5 Å². The lowest BCUT2D eigenvalue weighted by Gasteiger charge is -2.12. The van der Waals surface area contributed by atoms with E-state index < -0.39 is 0 Å². The van der Waals surface area contributed by atoms with Crippen LogP contribution in [-0.2, 0) is 11.8 Å². The van der Waals surface area contributed by atoms with Crippen LogP contribution < -0.4 is 10.9 Å². The summed E-state index contributed by atoms with van der Waals surface area (Å²) >= 11 is 2.70. The molecule has 106 valence electrons. The average molecular weight is 309 g/mol. The standard InChI is InChI=1S/C13H15N3O2S2/c1-4-6-14-10(17)8(2)20-13-15-11-9(5-7-19-11)12(18)16(13)3/h4-5,7-8H,1,6H2,2-3H3,(H,14,17). The molecule has 2 rings (SSSR count). The quantitative estimate of drug-likeness (QED) is 0.519. The molecule has 7 heteroatoms. The highest BCUT2D eigenvalue weighted by Crippen LogP contribution is 2.23. The van der Waals surface area contributed by atoms with Crippen molar-refractivity contribution in [2.24, 2.45) is 7.05 Å². The van der Waals surface area contributed by atoms with Gasteiger partial charge in [-0.3, -0.25) is 14.2 Å². The maximum absolute atomic E-state index is 12.1. The molecule has 0 aliphatic carbocycles. The molecule has 0 radical (unpaired) electrons. The average Bonchev–Trinajstić information content (AvgIpc) is 2.90. The smallest absolute Gasteiger partial charge is 0.262 e. The van der Waals surface area contributed by atoms with E-state index in [0.717, 1.165) is 0 Å². The van der Waals surface area contributed by atoms with Crippen molar-refractivity contribution in [3.63, 3.8) is 0 Å². The second-order valence-electron chi connectivity index (χ2n) is 4.19. The van der Waals surface area contributed by atoms with Crippen molar-refractivity contribution in [1.29, 1.82) is 0 Å². The largest absolute Gasteiger partial charge is 0.352 e. The van der Waals surface area contributed by atoms with E-state index >= 15 is 0 Å². The van der Waals surface area contributed by atoms with Gasteiger partial charge in [0.05, 0.1) is 10.6 Å². The van der Waals surface area contributed by atoms with E-state index in [0.29, 0.717) is 21.9 Å². The first kappa shape index (κ1) is 14.8. The van der Waals surface area contributed by atoms with Crippen molar-refractivity contribution < 1.29 is 4.79 Å². The molecule has 1 unspecified atom stereocenters. The van der Waals surface area contributed by atoms with Crippen molar-refractivity contribution in [1.82, 2.24) is 14.9 Å². The Morgan fingerprint density at radius 1 is 1.70 bits per heavy atom. The number of hydrogen-bond donors (Lipinski definition) is 1. The van der Waals surface area contributed by atoms with Crippen molar-refractivity contribution in [3.8, 4) is 0 Å². The van der Waals surface area contributed by atoms with Crippen LogP contribution in [0, 0.1) is 0 Å². The fourth-order valence-corrected chi connectivity index (χ4v) is 3.32. The second-order valence-corrected chi connectivity index (χ2v) is 6.39. The van der Waals surface area contributed by atoms with Gasteiger partial charge in [0, 0.05) is 13.6 Å². The summed E-state index contributed by atoms with van der Waals surface area (Å²) in [6, 6.07) is 1.77. The van der Waals surface area contributed by atoms with E-state index in [9.17, 15) is 9.59 Å². The van der Waals surface area contributed by atoms with Gasteiger partial charge in [0.15, 0.2) is 5.16 Å². The molecular formula is C13H15N3O2S2. The lowest BCUT2D eigenvalue weighted by atomic mass is 10.4. The topological polar surface area (TPSA) is 64.0 Å². The van der Waals surface area contributed by atoms with E-state index in [2.05, 4.69) is 16.9 Å². The highest BCUT2D eigenvalue weighted by Gasteiger charge is 2.17. The van der Waals surface area contributed by atoms with E-state index in [1.54, 1.807) is 26.1 Å². The fourth-order valence-electron chi connectivity index (χ4n) is 1.61. The summed E-state index contributed by atoms with van der Waals surface area (Å²) in [5.74, 6) is -0.101. The van der Waals surface area contributed by atoms with Crippen molar-refractivity contribution >= 4 is 39.2 Å². The van der Waals surface area contributed by atoms with Crippen molar-refractivity contribution in [2.45, 2.75) is 17.3 Å². The first-order valence-corrected chi connectivity index (χ1v) is 7.80. The normalized spacial score (nSPS) is 12.3. The number of thiophene rings is 1. The second kappa shape index (κ2) is 6.23. The lowest BCUT2D eigenvalue weighted by molar-refractivity contribution is -0.120. The molecule has 20 heavy (non-hydrogen) atoms. The Balaban J connectivity index is 2.25. The Kier molecular flexibility index (Phi) is 4.61. The summed E-state index contributed by atoms with van der Waals surface area (Å²) < 4.78 is 1.48. The summed E-state index contributed by atoms with van der Waals surface area (Å²) in [5, 5.41) is 5.40. The monoisotopic (exact) mass is 309 g/mol. The predicted molar refractivity (Wildman–Crippen MR) is 83.4 cm³/mol. The third-order valence-electron chi connectivity index (χ3n) is 2.74. The molecule has 2 aromatic heterocycles. The molecule has 0 aromatic carbocycles. The number of fused-ring (bicyclic) bond motifs is 1. The molecule has 5 nitrogen and oxygen atoms in total. The van der Waals surface area contributed by atoms with Gasteiger partial charge in [-0.1, -0.05) is 17.8 Å². The fraction of sp³-hybridized carbons (Fsp3) is 0.308. The molecule has 2 aromatic rings. The van der Waals surface area contributed by atoms with Crippen LogP contribution in [0.3, 0.4) is 0 Å². The highest BCUT2D eigenvalue weighted by atomic mass is 32.2. The van der Waals surface area contributed by atoms with E-state index in [4.69, 9.17) is 0 Å². The van der Waals surface area contributed by atoms with Crippen LogP contribution in [0.25, 0.3) is 10.2 Å². The number of nitrogens with zero attached hydrogens (tertiary/aromatic N) is 2. The molecule has 0 aliphatic rings. The Bertz CT molecular complexity index is 705. The van der Waals surface area contributed by atoms with E-state index in [1.165, 1.54) is 27.7 Å². The number of hydrogen-bond acceptors (Lipinski definition) is 5. The molecule has 0 saturated carbocycles. The Labute approximate surface area is 124 Å². The molecule has 0 bridgehead atoms. The SMILES string of the molecule is C=CCNC(=O)C(C)Sc1nc2sccc2c(=O)n1C. The van der Waals surface area contributed by atoms with Crippen LogP contribution in [0.5, 0.6) is 0 Å². The first-order chi connectivity index (χ1) is 9.54. The number of carbonyl (C=O) groups excluding carboxylic acids is 1. The first-order valence-electron chi connectivity index (χ1n) is 6.04. The lowest BCUT2D eigenvalue weighted by Crippen LogP contribution is -2.31. The van der Waals surface area contributed by atoms with Gasteiger partial charge in [0.1, 0.15) is 4.83 Å². The predicted octanol–water partition coefficient (Wildman–Crippen LogP) is 1.78. The molecule has 1 amide bonds. The van der Waals surface area contributed by atoms with E-state index in [1.807, 2.05) is 5.38 Å². The minimum absolute atomic E-state index is 0.0857. The number of thioether (sulfide) groups is 1. The van der Waals surface area contributed by atoms with Gasteiger partial charge < -0.3 is 5.32 Å². The van der Waals surface area contributed by atoms with Gasteiger partial charge in [0.2, 0.25) is 5.91 Å². The molecule has 0 spiro atoms. The van der Waals surface area contributed by atoms with Crippen LogP contribution in [0.4, 0.5) is 0 Å². The van der Waals surface area contributed by atoms with Gasteiger partial charge >= 0.3 is 0 Å². The van der Waals surface area contributed by atoms with Gasteiger partial charge in [0.25, 0.3) is 5.56 Å². The molecular weight excluding hydrogens is 294 g/mol. The molecule has 2 heterocycles. The van der Waals surface area contributed by atoms with Gasteiger partial charge in [-0.25, -0.2) is 4.98 Å². The Morgan fingerprint density at radius 3 is 3.15 bits per heavy atom. The highest BCUT2D eigenvalue weighted by molar-refractivity contribution is 8.00. The van der Waals surface area contributed by atoms with Gasteiger partial charge in [-0.05, 0) is 18.4 Å². The van der Waals surface area contributed by atoms with Gasteiger partial charge in [-0.15, -0.1) is 17.9 Å². The number of aromatic nitrogens is 2. The number of carbonyl (C=O) groups is 1. The Morgan fingerprint density at radius 2 is 2.45 bits per heavy atom. The van der Waals surface area contributed by atoms with Crippen LogP contribution in [-0.4, -0.2) is 27.3 Å². The van der Waals surface area contributed by atoms with Crippen LogP contribution in [0.15, 0.2) is 34.1 Å². The van der Waals surface area contributed by atoms with E-state index in [-0.39, 0.29) is 16.7 Å². The summed E-state index contributed by atoms with van der Waals surface area (Å²) in [7, 11) is 1.67. The van der Waals surface area contributed by atoms with Crippen molar-refractivity contribution in [2.75, 3.05) is 6.54 Å². The molecule has 0 saturated heterocycles. The van der Waals surface area contributed by atoms with Crippen LogP contribution >= 0.6 is 23.1 Å². The summed E-state index contributed by atoms with van der Waals surface area (Å²) in [5.41, 5.74) is -0.0857. The van der Waals surface area contributed by atoms with Gasteiger partial charge in [-0.2, -0.15) is 0 Å². The summed E-state index contributed by atoms with van der Waals surface area (Å²) in [6.45, 7) is 5.77. The molecule has 0 fully saturated rings. The number of nitrogens with one attached hydrogen (secondary N) is 1. The maximum atomic E-state index is 12.1. The summed E-state index contributed by atoms with van der Waals surface area (Å²) in [6.07, 6.45) is 1.63. The number of rotatable bonds is 5. The molecule has 1 atom stereocenters. The van der Waals surface area contributed by atoms with Crippen LogP contribution in [0.1, 0.15) is 6.92 Å². The zero-order chi connectivity index (χ0) is 14.7. The third kappa shape index (κ3) is 2.94. The zero-order valence-corrected chi connectivity index (χ0v) is 12.9.